The Hall–Kier alpha value is -5.70. The van der Waals surface area contributed by atoms with Gasteiger partial charge in [0, 0.05) is 50.9 Å². The molecule has 15 heteroatoms. The van der Waals surface area contributed by atoms with Crippen LogP contribution in [0.2, 0.25) is 0 Å². The largest absolute Gasteiger partial charge is 0.496 e. The van der Waals surface area contributed by atoms with Crippen LogP contribution in [0.5, 0.6) is 28.7 Å². The van der Waals surface area contributed by atoms with Crippen molar-refractivity contribution in [3.63, 3.8) is 0 Å². The summed E-state index contributed by atoms with van der Waals surface area (Å²) < 4.78 is 27.1. The van der Waals surface area contributed by atoms with Gasteiger partial charge in [0.15, 0.2) is 11.5 Å². The van der Waals surface area contributed by atoms with Crippen LogP contribution in [0.1, 0.15) is 39.9 Å². The molecule has 0 heterocycles. The molecule has 0 atom stereocenters. The topological polar surface area (TPSA) is 168 Å². The van der Waals surface area contributed by atoms with E-state index in [2.05, 4.69) is 10.6 Å². The molecule has 51 heavy (non-hydrogen) atoms. The highest BCUT2D eigenvalue weighted by Gasteiger charge is 2.20. The van der Waals surface area contributed by atoms with Gasteiger partial charge in [-0.15, -0.1) is 11.8 Å². The van der Waals surface area contributed by atoms with Gasteiger partial charge >= 0.3 is 12.1 Å². The highest BCUT2D eigenvalue weighted by atomic mass is 32.2. The minimum Gasteiger partial charge on any atom is -0.496 e. The maximum atomic E-state index is 12.7. The minimum atomic E-state index is -0.825. The second-order valence-electron chi connectivity index (χ2n) is 10.5. The van der Waals surface area contributed by atoms with E-state index in [1.54, 1.807) is 63.8 Å². The van der Waals surface area contributed by atoms with E-state index in [9.17, 15) is 24.0 Å². The molecule has 2 N–H and O–H groups in total. The number of amides is 3. The van der Waals surface area contributed by atoms with Gasteiger partial charge in [0.2, 0.25) is 5.91 Å². The predicted octanol–water partition coefficient (Wildman–Crippen LogP) is 4.58. The van der Waals surface area contributed by atoms with E-state index < -0.39 is 23.9 Å². The number of carbonyl (C=O) groups is 5. The highest BCUT2D eigenvalue weighted by molar-refractivity contribution is 8.01. The number of hydrogen-bond donors (Lipinski definition) is 2. The van der Waals surface area contributed by atoms with Crippen molar-refractivity contribution in [1.29, 1.82) is 0 Å². The number of benzene rings is 3. The maximum absolute atomic E-state index is 12.7. The van der Waals surface area contributed by atoms with Crippen LogP contribution in [0, 0.1) is 0 Å². The summed E-state index contributed by atoms with van der Waals surface area (Å²) in [5.41, 5.74) is 2.11. The summed E-state index contributed by atoms with van der Waals surface area (Å²) in [6, 6.07) is 15.1. The molecule has 0 fully saturated rings. The lowest BCUT2D eigenvalue weighted by atomic mass is 10.0. The van der Waals surface area contributed by atoms with Crippen molar-refractivity contribution in [1.82, 2.24) is 15.7 Å². The highest BCUT2D eigenvalue weighted by Crippen LogP contribution is 2.36. The van der Waals surface area contributed by atoms with Crippen LogP contribution >= 0.6 is 11.8 Å². The summed E-state index contributed by atoms with van der Waals surface area (Å²) in [7, 11) is 7.44. The van der Waals surface area contributed by atoms with Gasteiger partial charge in [-0.2, -0.15) is 5.06 Å². The first-order valence-electron chi connectivity index (χ1n) is 15.6. The van der Waals surface area contributed by atoms with E-state index in [1.807, 2.05) is 17.6 Å². The summed E-state index contributed by atoms with van der Waals surface area (Å²) in [4.78, 5) is 65.5. The molecule has 0 saturated heterocycles. The van der Waals surface area contributed by atoms with E-state index in [1.165, 1.54) is 32.0 Å². The Labute approximate surface area is 300 Å². The van der Waals surface area contributed by atoms with Gasteiger partial charge in [0.1, 0.15) is 23.5 Å². The average Bonchev–Trinajstić information content (AvgIpc) is 3.14. The lowest BCUT2D eigenvalue weighted by Crippen LogP contribution is -2.36. The predicted molar refractivity (Wildman–Crippen MR) is 190 cm³/mol. The molecule has 0 unspecified atom stereocenters. The molecule has 14 nitrogen and oxygen atoms in total. The van der Waals surface area contributed by atoms with E-state index in [0.717, 1.165) is 16.2 Å². The Bertz CT molecular complexity index is 1690. The third-order valence-electron chi connectivity index (χ3n) is 7.12. The van der Waals surface area contributed by atoms with Crippen molar-refractivity contribution in [3.05, 3.63) is 82.3 Å². The molecule has 0 bridgehead atoms. The van der Waals surface area contributed by atoms with Crippen molar-refractivity contribution in [2.75, 3.05) is 48.6 Å². The lowest BCUT2D eigenvalue weighted by Gasteiger charge is -2.17. The standard InChI is InChI=1S/C36H41N3O11S/c1-39(34(42)11-8-17-40)50-35(43)27-10-7-6-9-25(27)20-33(41)37-15-16-38-36(44)49-32-19-24(12-13-29(32)46-3)23-51-18-14-28-30(47-4)21-26(45-2)22-31(28)48-5/h6-7,9-10,12-14,17-19,21-22H,8,11,15-16,20,23H2,1-5H3,(H,37,41)(H,38,44)/b18-14+. The Morgan fingerprint density at radius 1 is 0.824 bits per heavy atom. The SMILES string of the molecule is COc1cc(OC)c(/C=C/SCc2ccc(OC)c(OC(=O)NCCNC(=O)Cc3ccccc3C(=O)ON(C)C(=O)CCC=O)c2)c(OC)c1. The normalized spacial score (nSPS) is 10.5. The monoisotopic (exact) mass is 723 g/mol. The van der Waals surface area contributed by atoms with Crippen LogP contribution in [0.25, 0.3) is 6.08 Å². The first kappa shape index (κ1) is 39.7. The molecule has 272 valence electrons. The molecular formula is C36H41N3O11S. The van der Waals surface area contributed by atoms with Gasteiger partial charge in [-0.1, -0.05) is 24.3 Å². The van der Waals surface area contributed by atoms with E-state index in [-0.39, 0.29) is 43.7 Å². The summed E-state index contributed by atoms with van der Waals surface area (Å²) in [6.45, 7) is 0.140. The molecular weight excluding hydrogens is 682 g/mol. The first-order chi connectivity index (χ1) is 24.6. The quantitative estimate of drug-likeness (QED) is 0.107. The number of aldehydes is 1. The number of ether oxygens (including phenoxy) is 5. The summed E-state index contributed by atoms with van der Waals surface area (Å²) in [6.07, 6.45) is 1.48. The molecule has 0 aliphatic rings. The second kappa shape index (κ2) is 20.7. The summed E-state index contributed by atoms with van der Waals surface area (Å²) in [5, 5.41) is 7.93. The zero-order valence-electron chi connectivity index (χ0n) is 29.0. The van der Waals surface area contributed by atoms with Crippen LogP contribution in [-0.4, -0.2) is 83.8 Å². The van der Waals surface area contributed by atoms with Gasteiger partial charge in [0.05, 0.1) is 46.0 Å². The second-order valence-corrected chi connectivity index (χ2v) is 11.4. The zero-order chi connectivity index (χ0) is 37.2. The van der Waals surface area contributed by atoms with Crippen molar-refractivity contribution in [2.45, 2.75) is 25.0 Å². The van der Waals surface area contributed by atoms with Gasteiger partial charge in [0.25, 0.3) is 5.91 Å². The smallest absolute Gasteiger partial charge is 0.412 e. The molecule has 3 aromatic rings. The molecule has 0 aliphatic heterocycles. The Morgan fingerprint density at radius 3 is 2.18 bits per heavy atom. The minimum absolute atomic E-state index is 0.00359. The number of nitrogens with zero attached hydrogens (tertiary/aromatic N) is 1. The summed E-state index contributed by atoms with van der Waals surface area (Å²) in [5.74, 6) is 1.18. The number of hydroxylamine groups is 2. The molecule has 0 radical (unpaired) electrons. The fourth-order valence-electron chi connectivity index (χ4n) is 4.52. The number of hydrogen-bond acceptors (Lipinski definition) is 12. The number of rotatable bonds is 18. The number of nitrogens with one attached hydrogen (secondary N) is 2. The number of thioether (sulfide) groups is 1. The van der Waals surface area contributed by atoms with Crippen molar-refractivity contribution in [3.8, 4) is 28.7 Å². The van der Waals surface area contributed by atoms with Crippen LogP contribution in [-0.2, 0) is 31.4 Å². The Balaban J connectivity index is 1.49. The van der Waals surface area contributed by atoms with Crippen molar-refractivity contribution in [2.24, 2.45) is 0 Å². The molecule has 3 aromatic carbocycles. The van der Waals surface area contributed by atoms with Gasteiger partial charge in [-0.05, 0) is 40.8 Å². The van der Waals surface area contributed by atoms with Crippen molar-refractivity contribution < 1.29 is 52.5 Å². The zero-order valence-corrected chi connectivity index (χ0v) is 29.8. The van der Waals surface area contributed by atoms with Crippen LogP contribution < -0.4 is 34.3 Å². The number of carbonyl (C=O) groups excluding carboxylic acids is 5. The lowest BCUT2D eigenvalue weighted by molar-refractivity contribution is -0.161. The Kier molecular flexibility index (Phi) is 16.2. The molecule has 3 amide bonds. The third kappa shape index (κ3) is 12.3. The van der Waals surface area contributed by atoms with Gasteiger partial charge < -0.3 is 44.0 Å². The van der Waals surface area contributed by atoms with Crippen molar-refractivity contribution >= 4 is 48.0 Å². The molecule has 3 rings (SSSR count). The summed E-state index contributed by atoms with van der Waals surface area (Å²) >= 11 is 1.51. The van der Waals surface area contributed by atoms with Crippen LogP contribution in [0.15, 0.2) is 60.0 Å². The van der Waals surface area contributed by atoms with Gasteiger partial charge in [-0.25, -0.2) is 9.59 Å². The van der Waals surface area contributed by atoms with Gasteiger partial charge in [-0.3, -0.25) is 9.59 Å². The number of methoxy groups -OCH3 is 4. The van der Waals surface area contributed by atoms with E-state index in [4.69, 9.17) is 28.5 Å². The average molecular weight is 724 g/mol. The molecule has 0 saturated carbocycles. The van der Waals surface area contributed by atoms with E-state index in [0.29, 0.717) is 40.6 Å². The maximum Gasteiger partial charge on any atom is 0.412 e. The molecule has 0 spiro atoms. The van der Waals surface area contributed by atoms with Crippen LogP contribution in [0.3, 0.4) is 0 Å². The first-order valence-corrected chi connectivity index (χ1v) is 16.7. The Morgan fingerprint density at radius 2 is 1.51 bits per heavy atom. The molecule has 0 aromatic heterocycles. The molecule has 0 aliphatic carbocycles. The fourth-order valence-corrected chi connectivity index (χ4v) is 5.22. The van der Waals surface area contributed by atoms with Crippen LogP contribution in [0.4, 0.5) is 4.79 Å². The van der Waals surface area contributed by atoms with E-state index >= 15 is 0 Å². The third-order valence-corrected chi connectivity index (χ3v) is 7.95. The fraction of sp³-hybridized carbons (Fsp3) is 0.306.